The SMILES string of the molecule is CC(C)c1nc2c(c(=O)[nH]1)CN(Cc1ccc(OC(F)F)cc1)CC2. The van der Waals surface area contributed by atoms with Crippen molar-refractivity contribution in [3.63, 3.8) is 0 Å². The molecule has 134 valence electrons. The molecule has 1 aliphatic rings. The van der Waals surface area contributed by atoms with Crippen LogP contribution in [0.1, 0.15) is 42.4 Å². The van der Waals surface area contributed by atoms with Crippen molar-refractivity contribution < 1.29 is 13.5 Å². The lowest BCUT2D eigenvalue weighted by atomic mass is 10.0. The molecular weight excluding hydrogens is 328 g/mol. The highest BCUT2D eigenvalue weighted by atomic mass is 19.3. The van der Waals surface area contributed by atoms with Gasteiger partial charge in [-0.05, 0) is 17.7 Å². The van der Waals surface area contributed by atoms with Crippen LogP contribution >= 0.6 is 0 Å². The number of benzene rings is 1. The van der Waals surface area contributed by atoms with Crippen LogP contribution in [0.15, 0.2) is 29.1 Å². The minimum absolute atomic E-state index is 0.0703. The lowest BCUT2D eigenvalue weighted by Crippen LogP contribution is -2.35. The number of alkyl halides is 2. The third-order valence-corrected chi connectivity index (χ3v) is 4.27. The second-order valence-electron chi connectivity index (χ2n) is 6.51. The monoisotopic (exact) mass is 349 g/mol. The van der Waals surface area contributed by atoms with E-state index < -0.39 is 6.61 Å². The van der Waals surface area contributed by atoms with Crippen molar-refractivity contribution in [1.82, 2.24) is 14.9 Å². The van der Waals surface area contributed by atoms with Gasteiger partial charge in [0.25, 0.3) is 5.56 Å². The molecule has 1 aliphatic heterocycles. The summed E-state index contributed by atoms with van der Waals surface area (Å²) in [4.78, 5) is 21.9. The molecule has 0 unspecified atom stereocenters. The second-order valence-corrected chi connectivity index (χ2v) is 6.51. The number of nitrogens with one attached hydrogen (secondary N) is 1. The van der Waals surface area contributed by atoms with Gasteiger partial charge < -0.3 is 9.72 Å². The highest BCUT2D eigenvalue weighted by Crippen LogP contribution is 2.20. The van der Waals surface area contributed by atoms with Crippen LogP contribution in [0.25, 0.3) is 0 Å². The molecule has 1 aromatic carbocycles. The lowest BCUT2D eigenvalue weighted by Gasteiger charge is -2.28. The van der Waals surface area contributed by atoms with Gasteiger partial charge in [-0.15, -0.1) is 0 Å². The van der Waals surface area contributed by atoms with E-state index in [4.69, 9.17) is 0 Å². The fourth-order valence-electron chi connectivity index (χ4n) is 2.94. The summed E-state index contributed by atoms with van der Waals surface area (Å²) in [6, 6.07) is 6.58. The maximum atomic E-state index is 12.3. The number of nitrogens with zero attached hydrogens (tertiary/aromatic N) is 2. The number of fused-ring (bicyclic) bond motifs is 1. The molecule has 0 spiro atoms. The molecule has 3 rings (SSSR count). The Labute approximate surface area is 144 Å². The van der Waals surface area contributed by atoms with E-state index in [1.165, 1.54) is 12.1 Å². The standard InChI is InChI=1S/C18H21F2N3O2/c1-11(2)16-21-15-7-8-23(10-14(15)17(24)22-16)9-12-3-5-13(6-4-12)25-18(19)20/h3-6,11,18H,7-10H2,1-2H3,(H,21,22,24). The second kappa shape index (κ2) is 7.31. The molecule has 0 saturated carbocycles. The van der Waals surface area contributed by atoms with Gasteiger partial charge in [-0.1, -0.05) is 26.0 Å². The Hall–Kier alpha value is -2.28. The van der Waals surface area contributed by atoms with Crippen molar-refractivity contribution in [3.8, 4) is 5.75 Å². The predicted octanol–water partition coefficient (Wildman–Crippen LogP) is 3.05. The Kier molecular flexibility index (Phi) is 5.13. The summed E-state index contributed by atoms with van der Waals surface area (Å²) >= 11 is 0. The number of halogens is 2. The zero-order valence-corrected chi connectivity index (χ0v) is 14.3. The smallest absolute Gasteiger partial charge is 0.387 e. The van der Waals surface area contributed by atoms with Crippen molar-refractivity contribution in [2.24, 2.45) is 0 Å². The van der Waals surface area contributed by atoms with Crippen LogP contribution < -0.4 is 10.3 Å². The van der Waals surface area contributed by atoms with Crippen LogP contribution in [0.5, 0.6) is 5.75 Å². The van der Waals surface area contributed by atoms with Crippen molar-refractivity contribution in [3.05, 3.63) is 57.3 Å². The fraction of sp³-hybridized carbons (Fsp3) is 0.444. The molecule has 2 heterocycles. The first-order chi connectivity index (χ1) is 11.9. The van der Waals surface area contributed by atoms with Crippen molar-refractivity contribution in [2.45, 2.75) is 45.9 Å². The maximum Gasteiger partial charge on any atom is 0.387 e. The molecule has 5 nitrogen and oxygen atoms in total. The molecule has 1 N–H and O–H groups in total. The first-order valence-corrected chi connectivity index (χ1v) is 8.30. The maximum absolute atomic E-state index is 12.3. The van der Waals surface area contributed by atoms with Crippen LogP contribution in [0, 0.1) is 0 Å². The predicted molar refractivity (Wildman–Crippen MR) is 89.8 cm³/mol. The number of aromatic nitrogens is 2. The molecular formula is C18H21F2N3O2. The number of aromatic amines is 1. The number of hydrogen-bond acceptors (Lipinski definition) is 4. The fourth-order valence-corrected chi connectivity index (χ4v) is 2.94. The highest BCUT2D eigenvalue weighted by Gasteiger charge is 2.21. The van der Waals surface area contributed by atoms with Gasteiger partial charge in [-0.2, -0.15) is 8.78 Å². The average Bonchev–Trinajstić information content (AvgIpc) is 2.56. The Balaban J connectivity index is 1.70. The molecule has 0 saturated heterocycles. The Morgan fingerprint density at radius 1 is 1.28 bits per heavy atom. The number of rotatable bonds is 5. The lowest BCUT2D eigenvalue weighted by molar-refractivity contribution is -0.0498. The van der Waals surface area contributed by atoms with Crippen LogP contribution in [0.2, 0.25) is 0 Å². The van der Waals surface area contributed by atoms with E-state index in [0.29, 0.717) is 18.7 Å². The van der Waals surface area contributed by atoms with E-state index in [1.54, 1.807) is 12.1 Å². The normalized spacial score (nSPS) is 14.8. The molecule has 0 aliphatic carbocycles. The highest BCUT2D eigenvalue weighted by molar-refractivity contribution is 5.28. The van der Waals surface area contributed by atoms with Crippen molar-refractivity contribution in [1.29, 1.82) is 0 Å². The third-order valence-electron chi connectivity index (χ3n) is 4.27. The Bertz CT molecular complexity index is 788. The molecule has 0 radical (unpaired) electrons. The number of hydrogen-bond donors (Lipinski definition) is 1. The molecule has 0 amide bonds. The van der Waals surface area contributed by atoms with E-state index in [0.717, 1.165) is 30.0 Å². The number of H-pyrrole nitrogens is 1. The van der Waals surface area contributed by atoms with Crippen molar-refractivity contribution in [2.75, 3.05) is 6.54 Å². The summed E-state index contributed by atoms with van der Waals surface area (Å²) in [6.45, 7) is 3.16. The quantitative estimate of drug-likeness (QED) is 0.901. The molecule has 2 aromatic rings. The van der Waals surface area contributed by atoms with E-state index in [9.17, 15) is 13.6 Å². The van der Waals surface area contributed by atoms with Gasteiger partial charge in [0.1, 0.15) is 11.6 Å². The van der Waals surface area contributed by atoms with E-state index in [1.807, 2.05) is 13.8 Å². The van der Waals surface area contributed by atoms with Gasteiger partial charge >= 0.3 is 6.61 Å². The molecule has 0 fully saturated rings. The summed E-state index contributed by atoms with van der Waals surface area (Å²) in [5.74, 6) is 1.06. The van der Waals surface area contributed by atoms with E-state index in [2.05, 4.69) is 19.6 Å². The number of ether oxygens (including phenoxy) is 1. The molecule has 1 aromatic heterocycles. The largest absolute Gasteiger partial charge is 0.435 e. The van der Waals surface area contributed by atoms with E-state index in [-0.39, 0.29) is 17.2 Å². The Morgan fingerprint density at radius 2 is 2.00 bits per heavy atom. The van der Waals surface area contributed by atoms with Gasteiger partial charge in [0.05, 0.1) is 11.3 Å². The zero-order chi connectivity index (χ0) is 18.0. The van der Waals surface area contributed by atoms with Gasteiger partial charge in [-0.25, -0.2) is 4.98 Å². The average molecular weight is 349 g/mol. The minimum Gasteiger partial charge on any atom is -0.435 e. The third kappa shape index (κ3) is 4.22. The van der Waals surface area contributed by atoms with Gasteiger partial charge in [0, 0.05) is 32.0 Å². The summed E-state index contributed by atoms with van der Waals surface area (Å²) in [5.41, 5.74) is 2.50. The summed E-state index contributed by atoms with van der Waals surface area (Å²) < 4.78 is 28.7. The molecule has 7 heteroatoms. The Morgan fingerprint density at radius 3 is 2.64 bits per heavy atom. The van der Waals surface area contributed by atoms with Gasteiger partial charge in [-0.3, -0.25) is 9.69 Å². The molecule has 0 atom stereocenters. The minimum atomic E-state index is -2.82. The summed E-state index contributed by atoms with van der Waals surface area (Å²) in [7, 11) is 0. The van der Waals surface area contributed by atoms with Gasteiger partial charge in [0.15, 0.2) is 0 Å². The van der Waals surface area contributed by atoms with Gasteiger partial charge in [0.2, 0.25) is 0 Å². The molecule has 0 bridgehead atoms. The van der Waals surface area contributed by atoms with Crippen LogP contribution in [-0.2, 0) is 19.5 Å². The zero-order valence-electron chi connectivity index (χ0n) is 14.3. The topological polar surface area (TPSA) is 58.2 Å². The van der Waals surface area contributed by atoms with Crippen LogP contribution in [-0.4, -0.2) is 28.0 Å². The molecule has 25 heavy (non-hydrogen) atoms. The van der Waals surface area contributed by atoms with Crippen LogP contribution in [0.3, 0.4) is 0 Å². The summed E-state index contributed by atoms with van der Waals surface area (Å²) in [6.07, 6.45) is 0.728. The summed E-state index contributed by atoms with van der Waals surface area (Å²) in [5, 5.41) is 0. The first-order valence-electron chi connectivity index (χ1n) is 8.30. The van der Waals surface area contributed by atoms with Crippen LogP contribution in [0.4, 0.5) is 8.78 Å². The first kappa shape index (κ1) is 17.5. The van der Waals surface area contributed by atoms with E-state index >= 15 is 0 Å². The van der Waals surface area contributed by atoms with Crippen molar-refractivity contribution >= 4 is 0 Å².